The maximum atomic E-state index is 12.6. The molecule has 0 spiro atoms. The summed E-state index contributed by atoms with van der Waals surface area (Å²) >= 11 is 3.39. The number of fused-ring (bicyclic) bond motifs is 1. The molecule has 0 aliphatic carbocycles. The van der Waals surface area contributed by atoms with Crippen LogP contribution in [0.25, 0.3) is 11.0 Å². The summed E-state index contributed by atoms with van der Waals surface area (Å²) in [4.78, 5) is 33.9. The van der Waals surface area contributed by atoms with Crippen molar-refractivity contribution in [2.45, 2.75) is 46.0 Å². The summed E-state index contributed by atoms with van der Waals surface area (Å²) in [6.45, 7) is 4.15. The average molecular weight is 483 g/mol. The highest BCUT2D eigenvalue weighted by Gasteiger charge is 2.16. The number of hydrogen-bond donors (Lipinski definition) is 2. The number of unbranched alkanes of at least 4 members (excludes halogenated alkanes) is 1. The lowest BCUT2D eigenvalue weighted by atomic mass is 9.98. The molecule has 3 rings (SSSR count). The van der Waals surface area contributed by atoms with Gasteiger partial charge in [-0.05, 0) is 54.8 Å². The molecule has 0 fully saturated rings. The van der Waals surface area contributed by atoms with Crippen molar-refractivity contribution in [3.63, 3.8) is 0 Å². The minimum atomic E-state index is -0.152. The van der Waals surface area contributed by atoms with E-state index in [0.717, 1.165) is 41.1 Å². The summed E-state index contributed by atoms with van der Waals surface area (Å²) in [6, 6.07) is 14.9. The van der Waals surface area contributed by atoms with E-state index in [4.69, 9.17) is 0 Å². The molecule has 0 bridgehead atoms. The van der Waals surface area contributed by atoms with Crippen molar-refractivity contribution < 1.29 is 9.59 Å². The number of carbonyl (C=O) groups excluding carboxylic acids is 2. The fourth-order valence-corrected chi connectivity index (χ4v) is 3.58. The van der Waals surface area contributed by atoms with E-state index < -0.39 is 0 Å². The Morgan fingerprint density at radius 3 is 2.19 bits per heavy atom. The first-order valence-electron chi connectivity index (χ1n) is 10.6. The van der Waals surface area contributed by atoms with Crippen LogP contribution in [0.4, 0.5) is 11.6 Å². The van der Waals surface area contributed by atoms with Crippen LogP contribution in [0, 0.1) is 5.92 Å². The van der Waals surface area contributed by atoms with Crippen LogP contribution in [0.15, 0.2) is 53.0 Å². The second-order valence-corrected chi connectivity index (χ2v) is 8.44. The van der Waals surface area contributed by atoms with Gasteiger partial charge in [-0.25, -0.2) is 9.97 Å². The monoisotopic (exact) mass is 482 g/mol. The minimum Gasteiger partial charge on any atom is -0.310 e. The Kier molecular flexibility index (Phi) is 8.12. The molecule has 0 saturated carbocycles. The van der Waals surface area contributed by atoms with Crippen LogP contribution in [-0.4, -0.2) is 21.8 Å². The third-order valence-corrected chi connectivity index (χ3v) is 5.65. The van der Waals surface area contributed by atoms with Crippen molar-refractivity contribution in [2.75, 3.05) is 10.6 Å². The summed E-state index contributed by atoms with van der Waals surface area (Å²) in [5, 5.41) is 6.56. The quantitative estimate of drug-likeness (QED) is 0.407. The smallest absolute Gasteiger partial charge is 0.229 e. The minimum absolute atomic E-state index is 0.0123. The number of rotatable bonds is 9. The molecule has 2 heterocycles. The first kappa shape index (κ1) is 22.9. The number of nitrogens with one attached hydrogen (secondary N) is 2. The molecule has 6 nitrogen and oxygen atoms in total. The van der Waals surface area contributed by atoms with Crippen LogP contribution in [0.1, 0.15) is 45.1 Å². The second-order valence-electron chi connectivity index (χ2n) is 7.53. The summed E-state index contributed by atoms with van der Waals surface area (Å²) in [6.07, 6.45) is 4.03. The summed E-state index contributed by atoms with van der Waals surface area (Å²) < 4.78 is 0.970. The molecule has 162 valence electrons. The molecule has 0 aliphatic heterocycles. The lowest BCUT2D eigenvalue weighted by molar-refractivity contribution is -0.120. The van der Waals surface area contributed by atoms with E-state index in [-0.39, 0.29) is 24.2 Å². The fourth-order valence-electron chi connectivity index (χ4n) is 3.31. The zero-order valence-electron chi connectivity index (χ0n) is 17.8. The van der Waals surface area contributed by atoms with E-state index >= 15 is 0 Å². The molecule has 1 atom stereocenters. The number of hydrogen-bond acceptors (Lipinski definition) is 4. The number of anilines is 2. The highest BCUT2D eigenvalue weighted by molar-refractivity contribution is 9.10. The largest absolute Gasteiger partial charge is 0.310 e. The van der Waals surface area contributed by atoms with Crippen LogP contribution in [0.2, 0.25) is 0 Å². The van der Waals surface area contributed by atoms with E-state index in [1.807, 2.05) is 43.3 Å². The Labute approximate surface area is 191 Å². The number of aromatic nitrogens is 2. The number of halogens is 1. The van der Waals surface area contributed by atoms with Gasteiger partial charge < -0.3 is 10.6 Å². The maximum Gasteiger partial charge on any atom is 0.229 e. The Morgan fingerprint density at radius 1 is 0.935 bits per heavy atom. The van der Waals surface area contributed by atoms with Gasteiger partial charge in [0, 0.05) is 15.8 Å². The van der Waals surface area contributed by atoms with Gasteiger partial charge in [0.05, 0.1) is 6.42 Å². The zero-order valence-corrected chi connectivity index (χ0v) is 19.4. The van der Waals surface area contributed by atoms with E-state index in [2.05, 4.69) is 43.5 Å². The van der Waals surface area contributed by atoms with E-state index in [9.17, 15) is 9.59 Å². The Bertz CT molecular complexity index is 1050. The van der Waals surface area contributed by atoms with Crippen LogP contribution >= 0.6 is 15.9 Å². The summed E-state index contributed by atoms with van der Waals surface area (Å²) in [7, 11) is 0. The number of carbonyl (C=O) groups is 2. The van der Waals surface area contributed by atoms with Crippen molar-refractivity contribution in [2.24, 2.45) is 5.92 Å². The number of amides is 2. The number of pyridine rings is 2. The van der Waals surface area contributed by atoms with Crippen molar-refractivity contribution in [3.05, 3.63) is 58.6 Å². The zero-order chi connectivity index (χ0) is 22.2. The van der Waals surface area contributed by atoms with Gasteiger partial charge in [0.1, 0.15) is 11.6 Å². The van der Waals surface area contributed by atoms with E-state index in [0.29, 0.717) is 17.3 Å². The third kappa shape index (κ3) is 6.59. The number of nitrogens with zero attached hydrogens (tertiary/aromatic N) is 2. The van der Waals surface area contributed by atoms with Crippen LogP contribution < -0.4 is 10.6 Å². The summed E-state index contributed by atoms with van der Waals surface area (Å²) in [5.41, 5.74) is 1.39. The molecule has 7 heteroatoms. The molecule has 31 heavy (non-hydrogen) atoms. The Morgan fingerprint density at radius 2 is 1.58 bits per heavy atom. The highest BCUT2D eigenvalue weighted by atomic mass is 79.9. The lowest BCUT2D eigenvalue weighted by Gasteiger charge is -2.14. The predicted molar refractivity (Wildman–Crippen MR) is 128 cm³/mol. The van der Waals surface area contributed by atoms with Crippen LogP contribution in [0.5, 0.6) is 0 Å². The molecule has 0 radical (unpaired) electrons. The van der Waals surface area contributed by atoms with Crippen molar-refractivity contribution in [1.82, 2.24) is 9.97 Å². The average Bonchev–Trinajstić information content (AvgIpc) is 2.75. The Hall–Kier alpha value is -2.80. The standard InChI is InChI=1S/C24H27BrN4O2/c1-3-5-6-17(4-2)24(31)29-21-14-10-18-9-13-20(27-23(18)28-21)26-22(30)15-16-7-11-19(25)12-8-16/h7-14,17H,3-6,15H2,1-2H3,(H2,26,27,28,29,30,31). The molecular weight excluding hydrogens is 456 g/mol. The SMILES string of the molecule is CCCCC(CC)C(=O)Nc1ccc2ccc(NC(=O)Cc3ccc(Br)cc3)nc2n1. The molecule has 2 N–H and O–H groups in total. The van der Waals surface area contributed by atoms with Crippen LogP contribution in [0.3, 0.4) is 0 Å². The van der Waals surface area contributed by atoms with Crippen molar-refractivity contribution in [3.8, 4) is 0 Å². The molecule has 2 amide bonds. The second kappa shape index (κ2) is 11.0. The van der Waals surface area contributed by atoms with Gasteiger partial charge in [-0.15, -0.1) is 0 Å². The molecule has 0 aliphatic rings. The van der Waals surface area contributed by atoms with Crippen molar-refractivity contribution in [1.29, 1.82) is 0 Å². The molecule has 1 unspecified atom stereocenters. The molecule has 3 aromatic rings. The van der Waals surface area contributed by atoms with E-state index in [1.54, 1.807) is 12.1 Å². The fraction of sp³-hybridized carbons (Fsp3) is 0.333. The van der Waals surface area contributed by atoms with E-state index in [1.165, 1.54) is 0 Å². The first-order valence-corrected chi connectivity index (χ1v) is 11.4. The molecule has 0 saturated heterocycles. The molecule has 1 aromatic carbocycles. The van der Waals surface area contributed by atoms with Gasteiger partial charge in [0.25, 0.3) is 0 Å². The van der Waals surface area contributed by atoms with Gasteiger partial charge in [-0.1, -0.05) is 54.8 Å². The maximum absolute atomic E-state index is 12.6. The normalized spacial score (nSPS) is 11.8. The van der Waals surface area contributed by atoms with Gasteiger partial charge in [-0.2, -0.15) is 0 Å². The summed E-state index contributed by atoms with van der Waals surface area (Å²) in [5.74, 6) is 0.718. The predicted octanol–water partition coefficient (Wildman–Crippen LogP) is 5.73. The first-order chi connectivity index (χ1) is 15.0. The van der Waals surface area contributed by atoms with Gasteiger partial charge >= 0.3 is 0 Å². The third-order valence-electron chi connectivity index (χ3n) is 5.12. The van der Waals surface area contributed by atoms with Crippen molar-refractivity contribution >= 4 is 50.4 Å². The van der Waals surface area contributed by atoms with Crippen LogP contribution in [-0.2, 0) is 16.0 Å². The lowest BCUT2D eigenvalue weighted by Crippen LogP contribution is -2.22. The highest BCUT2D eigenvalue weighted by Crippen LogP contribution is 2.19. The van der Waals surface area contributed by atoms with Gasteiger partial charge in [0.2, 0.25) is 11.8 Å². The van der Waals surface area contributed by atoms with Gasteiger partial charge in [-0.3, -0.25) is 9.59 Å². The molecule has 2 aromatic heterocycles. The number of benzene rings is 1. The molecular formula is C24H27BrN4O2. The Balaban J connectivity index is 1.68. The van der Waals surface area contributed by atoms with Gasteiger partial charge in [0.15, 0.2) is 5.65 Å². The topological polar surface area (TPSA) is 84.0 Å².